The highest BCUT2D eigenvalue weighted by Crippen LogP contribution is 2.03. The Bertz CT molecular complexity index is 256. The summed E-state index contributed by atoms with van der Waals surface area (Å²) >= 11 is 0. The Morgan fingerprint density at radius 2 is 2.42 bits per heavy atom. The van der Waals surface area contributed by atoms with E-state index in [0.29, 0.717) is 5.69 Å². The number of hydrogen-bond acceptors (Lipinski definition) is 2. The fraction of sp³-hybridized carbons (Fsp3) is 0.222. The van der Waals surface area contributed by atoms with E-state index in [1.807, 2.05) is 0 Å². The Morgan fingerprint density at radius 1 is 1.67 bits per heavy atom. The first-order valence-corrected chi connectivity index (χ1v) is 3.66. The Labute approximate surface area is 71.0 Å². The van der Waals surface area contributed by atoms with Crippen LogP contribution in [0.25, 0.3) is 0 Å². The molecule has 0 saturated heterocycles. The third-order valence-corrected chi connectivity index (χ3v) is 1.35. The van der Waals surface area contributed by atoms with Crippen LogP contribution in [-0.2, 0) is 4.79 Å². The molecule has 3 nitrogen and oxygen atoms in total. The molecule has 1 rings (SSSR count). The van der Waals surface area contributed by atoms with Gasteiger partial charge in [-0.3, -0.25) is 4.79 Å². The molecule has 0 spiro atoms. The van der Waals surface area contributed by atoms with E-state index in [0.717, 1.165) is 0 Å². The van der Waals surface area contributed by atoms with Crippen LogP contribution >= 0.6 is 0 Å². The Morgan fingerprint density at radius 3 is 2.92 bits per heavy atom. The Kier molecular flexibility index (Phi) is 2.82. The van der Waals surface area contributed by atoms with Crippen LogP contribution in [0.15, 0.2) is 24.3 Å². The topological polar surface area (TPSA) is 49.3 Å². The van der Waals surface area contributed by atoms with Crippen molar-refractivity contribution in [1.29, 1.82) is 0 Å². The van der Waals surface area contributed by atoms with Crippen LogP contribution in [0, 0.1) is 6.07 Å². The standard InChI is InChI=1S/C9H10NO2/c1-7(11)9(12)10-8-5-3-2-4-6-8/h2-5,7,11H,1H3,(H,10,12). The highest BCUT2D eigenvalue weighted by Gasteiger charge is 2.07. The summed E-state index contributed by atoms with van der Waals surface area (Å²) in [7, 11) is 0. The third kappa shape index (κ3) is 2.36. The normalized spacial score (nSPS) is 12.2. The minimum Gasteiger partial charge on any atom is -0.384 e. The van der Waals surface area contributed by atoms with E-state index in [-0.39, 0.29) is 0 Å². The van der Waals surface area contributed by atoms with Crippen LogP contribution in [0.4, 0.5) is 5.69 Å². The van der Waals surface area contributed by atoms with Crippen LogP contribution in [0.3, 0.4) is 0 Å². The molecule has 1 aromatic rings. The van der Waals surface area contributed by atoms with Crippen molar-refractivity contribution in [2.24, 2.45) is 0 Å². The smallest absolute Gasteiger partial charge is 0.252 e. The molecule has 1 unspecified atom stereocenters. The van der Waals surface area contributed by atoms with Gasteiger partial charge in [-0.15, -0.1) is 0 Å². The fourth-order valence-electron chi connectivity index (χ4n) is 0.708. The van der Waals surface area contributed by atoms with Crippen molar-refractivity contribution in [2.45, 2.75) is 13.0 Å². The van der Waals surface area contributed by atoms with Crippen molar-refractivity contribution in [3.05, 3.63) is 30.3 Å². The highest BCUT2D eigenvalue weighted by atomic mass is 16.3. The van der Waals surface area contributed by atoms with E-state index in [4.69, 9.17) is 5.11 Å². The zero-order valence-electron chi connectivity index (χ0n) is 6.74. The maximum Gasteiger partial charge on any atom is 0.252 e. The van der Waals surface area contributed by atoms with Gasteiger partial charge in [-0.05, 0) is 13.0 Å². The van der Waals surface area contributed by atoms with E-state index in [1.165, 1.54) is 6.92 Å². The molecule has 1 amide bonds. The van der Waals surface area contributed by atoms with Gasteiger partial charge in [0.15, 0.2) is 0 Å². The Hall–Kier alpha value is -1.35. The molecule has 0 heterocycles. The number of benzene rings is 1. The van der Waals surface area contributed by atoms with Gasteiger partial charge in [0.2, 0.25) is 0 Å². The summed E-state index contributed by atoms with van der Waals surface area (Å²) in [6, 6.07) is 9.80. The monoisotopic (exact) mass is 164 g/mol. The second-order valence-corrected chi connectivity index (χ2v) is 2.44. The summed E-state index contributed by atoms with van der Waals surface area (Å²) < 4.78 is 0. The number of anilines is 1. The number of nitrogens with one attached hydrogen (secondary N) is 1. The fourth-order valence-corrected chi connectivity index (χ4v) is 0.708. The minimum atomic E-state index is -0.987. The van der Waals surface area contributed by atoms with Crippen molar-refractivity contribution in [1.82, 2.24) is 0 Å². The molecule has 12 heavy (non-hydrogen) atoms. The molecule has 0 aromatic heterocycles. The molecule has 0 saturated carbocycles. The molecule has 3 heteroatoms. The first-order chi connectivity index (χ1) is 5.70. The molecule has 63 valence electrons. The molecular formula is C9H10NO2. The van der Waals surface area contributed by atoms with Gasteiger partial charge >= 0.3 is 0 Å². The summed E-state index contributed by atoms with van der Waals surface area (Å²) in [5.41, 5.74) is 0.573. The average molecular weight is 164 g/mol. The number of amides is 1. The molecule has 1 atom stereocenters. The lowest BCUT2D eigenvalue weighted by molar-refractivity contribution is -0.123. The minimum absolute atomic E-state index is 0.419. The zero-order valence-corrected chi connectivity index (χ0v) is 6.74. The van der Waals surface area contributed by atoms with E-state index < -0.39 is 12.0 Å². The lowest BCUT2D eigenvalue weighted by Gasteiger charge is -2.05. The molecule has 0 aliphatic heterocycles. The predicted molar refractivity (Wildman–Crippen MR) is 45.6 cm³/mol. The van der Waals surface area contributed by atoms with Gasteiger partial charge in [-0.25, -0.2) is 0 Å². The van der Waals surface area contributed by atoms with Crippen LogP contribution in [-0.4, -0.2) is 17.1 Å². The first-order valence-electron chi connectivity index (χ1n) is 3.66. The summed E-state index contributed by atoms with van der Waals surface area (Å²) in [5.74, 6) is -0.419. The summed E-state index contributed by atoms with van der Waals surface area (Å²) in [6.45, 7) is 1.41. The second kappa shape index (κ2) is 3.88. The maximum absolute atomic E-state index is 10.9. The number of rotatable bonds is 2. The molecule has 0 bridgehead atoms. The van der Waals surface area contributed by atoms with Gasteiger partial charge < -0.3 is 10.4 Å². The lowest BCUT2D eigenvalue weighted by atomic mass is 10.3. The molecule has 0 aliphatic rings. The van der Waals surface area contributed by atoms with Crippen LogP contribution < -0.4 is 5.32 Å². The maximum atomic E-state index is 10.9. The van der Waals surface area contributed by atoms with Gasteiger partial charge in [0, 0.05) is 11.8 Å². The van der Waals surface area contributed by atoms with Crippen molar-refractivity contribution in [3.8, 4) is 0 Å². The van der Waals surface area contributed by atoms with E-state index in [9.17, 15) is 4.79 Å². The summed E-state index contributed by atoms with van der Waals surface area (Å²) in [5, 5.41) is 11.4. The molecule has 0 fully saturated rings. The van der Waals surface area contributed by atoms with E-state index in [1.54, 1.807) is 24.3 Å². The number of para-hydroxylation sites is 1. The SMILES string of the molecule is CC(O)C(=O)Nc1[c]cccc1. The third-order valence-electron chi connectivity index (χ3n) is 1.35. The van der Waals surface area contributed by atoms with Gasteiger partial charge in [0.25, 0.3) is 5.91 Å². The second-order valence-electron chi connectivity index (χ2n) is 2.44. The van der Waals surface area contributed by atoms with E-state index >= 15 is 0 Å². The van der Waals surface area contributed by atoms with Crippen molar-refractivity contribution in [2.75, 3.05) is 5.32 Å². The summed E-state index contributed by atoms with van der Waals surface area (Å²) in [6.07, 6.45) is -0.987. The largest absolute Gasteiger partial charge is 0.384 e. The number of carbonyl (C=O) groups excluding carboxylic acids is 1. The van der Waals surface area contributed by atoms with Gasteiger partial charge in [0.05, 0.1) is 0 Å². The van der Waals surface area contributed by atoms with Crippen molar-refractivity contribution < 1.29 is 9.90 Å². The molecule has 1 radical (unpaired) electrons. The van der Waals surface area contributed by atoms with Crippen LogP contribution in [0.5, 0.6) is 0 Å². The number of aliphatic hydroxyl groups excluding tert-OH is 1. The molecule has 0 aliphatic carbocycles. The molecular weight excluding hydrogens is 154 g/mol. The summed E-state index contributed by atoms with van der Waals surface area (Å²) in [4.78, 5) is 10.9. The predicted octanol–water partition coefficient (Wildman–Crippen LogP) is 0.806. The van der Waals surface area contributed by atoms with Crippen molar-refractivity contribution in [3.63, 3.8) is 0 Å². The molecule has 2 N–H and O–H groups in total. The number of hydrogen-bond donors (Lipinski definition) is 2. The van der Waals surface area contributed by atoms with Crippen LogP contribution in [0.1, 0.15) is 6.92 Å². The Balaban J connectivity index is 2.59. The van der Waals surface area contributed by atoms with Crippen molar-refractivity contribution >= 4 is 11.6 Å². The first kappa shape index (κ1) is 8.74. The van der Waals surface area contributed by atoms with Gasteiger partial charge in [0.1, 0.15) is 6.10 Å². The van der Waals surface area contributed by atoms with Gasteiger partial charge in [-0.2, -0.15) is 0 Å². The number of aliphatic hydroxyl groups is 1. The van der Waals surface area contributed by atoms with Gasteiger partial charge in [-0.1, -0.05) is 18.2 Å². The highest BCUT2D eigenvalue weighted by molar-refractivity contribution is 5.93. The zero-order chi connectivity index (χ0) is 8.97. The average Bonchev–Trinajstić information content (AvgIpc) is 2.06. The molecule has 1 aromatic carbocycles. The van der Waals surface area contributed by atoms with Crippen LogP contribution in [0.2, 0.25) is 0 Å². The number of carbonyl (C=O) groups is 1. The lowest BCUT2D eigenvalue weighted by Crippen LogP contribution is -2.24. The van der Waals surface area contributed by atoms with E-state index in [2.05, 4.69) is 11.4 Å². The quantitative estimate of drug-likeness (QED) is 0.679.